The Bertz CT molecular complexity index is 2230. The summed E-state index contributed by atoms with van der Waals surface area (Å²) in [7, 11) is -3.06. The van der Waals surface area contributed by atoms with Crippen LogP contribution in [0.4, 0.5) is 0 Å². The first-order valence-corrected chi connectivity index (χ1v) is 23.4. The van der Waals surface area contributed by atoms with Crippen LogP contribution >= 0.6 is 27.3 Å². The van der Waals surface area contributed by atoms with Crippen molar-refractivity contribution in [3.05, 3.63) is 158 Å². The van der Waals surface area contributed by atoms with Crippen molar-refractivity contribution in [1.29, 1.82) is 0 Å². The molecule has 1 fully saturated rings. The molecule has 1 aliphatic carbocycles. The Morgan fingerprint density at radius 2 is 1.55 bits per heavy atom. The minimum atomic E-state index is -3.06. The lowest BCUT2D eigenvalue weighted by molar-refractivity contribution is -0.140. The third-order valence-electron chi connectivity index (χ3n) is 11.8. The summed E-state index contributed by atoms with van der Waals surface area (Å²) < 4.78 is 8.26. The smallest absolute Gasteiger partial charge is 0.261 e. The minimum Gasteiger partial charge on any atom is -0.507 e. The van der Waals surface area contributed by atoms with E-state index in [1.165, 1.54) is 16.2 Å². The lowest BCUT2D eigenvalue weighted by Gasteiger charge is -2.44. The normalized spacial score (nSPS) is 19.4. The number of halogens is 1. The van der Waals surface area contributed by atoms with Crippen molar-refractivity contribution in [2.45, 2.75) is 57.7 Å². The summed E-state index contributed by atoms with van der Waals surface area (Å²) in [6, 6.07) is 39.6. The lowest BCUT2D eigenvalue weighted by Crippen LogP contribution is -2.66. The number of amides is 2. The van der Waals surface area contributed by atoms with Crippen LogP contribution in [0.3, 0.4) is 0 Å². The molecule has 0 radical (unpaired) electrons. The number of carbonyl (C=O) groups excluding carboxylic acids is 2. The zero-order chi connectivity index (χ0) is 41.0. The van der Waals surface area contributed by atoms with Gasteiger partial charge in [-0.1, -0.05) is 134 Å². The number of aliphatic hydroxyl groups is 2. The predicted octanol–water partition coefficient (Wildman–Crippen LogP) is 8.58. The minimum absolute atomic E-state index is 0.124. The van der Waals surface area contributed by atoms with Gasteiger partial charge in [0.1, 0.15) is 5.75 Å². The number of likely N-dealkylation sites (tertiary alicyclic amines) is 1. The molecule has 4 aromatic carbocycles. The van der Waals surface area contributed by atoms with E-state index in [1.54, 1.807) is 12.1 Å². The number of fused-ring (bicyclic) bond motifs is 1. The molecule has 0 unspecified atom stereocenters. The van der Waals surface area contributed by atoms with Crippen LogP contribution in [0.1, 0.15) is 56.0 Å². The number of aliphatic hydroxyl groups excluding tert-OH is 2. The number of hydrogen-bond acceptors (Lipinski definition) is 7. The highest BCUT2D eigenvalue weighted by Crippen LogP contribution is 2.48. The van der Waals surface area contributed by atoms with Crippen LogP contribution in [0, 0.1) is 17.8 Å². The Morgan fingerprint density at radius 3 is 2.14 bits per heavy atom. The first-order chi connectivity index (χ1) is 27.9. The fraction of sp³-hybridized carbons (Fsp3) is 0.292. The number of benzene rings is 4. The van der Waals surface area contributed by atoms with E-state index in [2.05, 4.69) is 61.0 Å². The summed E-state index contributed by atoms with van der Waals surface area (Å²) >= 11 is 5.02. The van der Waals surface area contributed by atoms with Crippen LogP contribution in [0.2, 0.25) is 5.04 Å². The molecule has 7 rings (SSSR count). The van der Waals surface area contributed by atoms with Crippen molar-refractivity contribution in [2.75, 3.05) is 13.2 Å². The summed E-state index contributed by atoms with van der Waals surface area (Å²) in [5.74, 6) is -2.69. The van der Waals surface area contributed by atoms with Crippen LogP contribution in [-0.2, 0) is 20.6 Å². The second-order valence-corrected chi connectivity index (χ2v) is 22.5. The van der Waals surface area contributed by atoms with E-state index in [0.717, 1.165) is 36.4 Å². The fourth-order valence-electron chi connectivity index (χ4n) is 9.06. The molecule has 10 heteroatoms. The molecule has 5 aromatic rings. The largest absolute Gasteiger partial charge is 0.507 e. The van der Waals surface area contributed by atoms with Crippen molar-refractivity contribution in [3.63, 3.8) is 0 Å². The highest BCUT2D eigenvalue weighted by Gasteiger charge is 2.56. The number of nitrogens with zero attached hydrogens (tertiary/aromatic N) is 1. The molecule has 0 bridgehead atoms. The average Bonchev–Trinajstić information content (AvgIpc) is 3.83. The first kappa shape index (κ1) is 41.7. The zero-order valence-corrected chi connectivity index (χ0v) is 36.5. The number of imide groups is 1. The molecule has 2 amide bonds. The Morgan fingerprint density at radius 1 is 0.914 bits per heavy atom. The van der Waals surface area contributed by atoms with E-state index in [9.17, 15) is 24.9 Å². The van der Waals surface area contributed by atoms with Gasteiger partial charge in [0.15, 0.2) is 0 Å². The van der Waals surface area contributed by atoms with E-state index >= 15 is 0 Å². The zero-order valence-electron chi connectivity index (χ0n) is 33.1. The van der Waals surface area contributed by atoms with Gasteiger partial charge in [-0.2, -0.15) is 0 Å². The topological polar surface area (TPSA) is 107 Å². The monoisotopic (exact) mass is 875 g/mol. The van der Waals surface area contributed by atoms with Gasteiger partial charge in [0.05, 0.1) is 37.7 Å². The lowest BCUT2D eigenvalue weighted by atomic mass is 9.68. The van der Waals surface area contributed by atoms with Crippen molar-refractivity contribution >= 4 is 69.4 Å². The van der Waals surface area contributed by atoms with Gasteiger partial charge in [-0.05, 0) is 92.7 Å². The molecule has 7 nitrogen and oxygen atoms in total. The molecule has 1 aromatic heterocycles. The van der Waals surface area contributed by atoms with Crippen LogP contribution in [0.15, 0.2) is 142 Å². The van der Waals surface area contributed by atoms with Crippen molar-refractivity contribution < 1.29 is 29.3 Å². The maximum absolute atomic E-state index is 14.3. The third kappa shape index (κ3) is 8.37. The highest BCUT2D eigenvalue weighted by molar-refractivity contribution is 9.10. The van der Waals surface area contributed by atoms with Crippen molar-refractivity contribution in [2.24, 2.45) is 17.8 Å². The van der Waals surface area contributed by atoms with Gasteiger partial charge in [-0.25, -0.2) is 0 Å². The number of rotatable bonds is 14. The van der Waals surface area contributed by atoms with Gasteiger partial charge < -0.3 is 19.7 Å². The Hall–Kier alpha value is -4.42. The summed E-state index contributed by atoms with van der Waals surface area (Å²) in [6.45, 7) is 6.52. The van der Waals surface area contributed by atoms with Crippen LogP contribution in [-0.4, -0.2) is 59.7 Å². The van der Waals surface area contributed by atoms with E-state index in [4.69, 9.17) is 4.43 Å². The maximum Gasteiger partial charge on any atom is 0.261 e. The number of carbonyl (C=O) groups is 2. The van der Waals surface area contributed by atoms with E-state index in [0.29, 0.717) is 17.6 Å². The SMILES string of the molecule is CC(C)(C)[Si](OCC1=C([C@H](O)CC/C(=C/c2cc(Br)ccc2O)c2ccccc2)[C@H](CO)[C@@H]2C(=O)N(Cc3cccs3)C(=O)[C@@H]2C1)(c1ccccc1)c1ccccc1. The standard InChI is InChI=1S/C48H50BrNO6SSi/c1-48(2,3)58(38-17-9-5-10-18-38,39-19-11-6-12-20-39)56-31-35-28-40-45(47(55)50(46(40)54)29-37-16-13-25-57-37)41(30-51)44(35)43(53)23-21-33(32-14-7-4-8-15-32)26-34-27-36(49)22-24-42(34)52/h4-20,22,24-27,40-41,43,45,51-53H,21,23,28-31H2,1-3H3/b33-26-/t40-,41+,43-,45-/m1/s1. The second kappa shape index (κ2) is 17.8. The number of aromatic hydroxyl groups is 1. The van der Waals surface area contributed by atoms with E-state index in [-0.39, 0.29) is 48.6 Å². The molecular weight excluding hydrogens is 827 g/mol. The third-order valence-corrected chi connectivity index (χ3v) is 18.1. The van der Waals surface area contributed by atoms with Gasteiger partial charge in [-0.15, -0.1) is 11.3 Å². The average molecular weight is 877 g/mol. The summed E-state index contributed by atoms with van der Waals surface area (Å²) in [4.78, 5) is 30.8. The van der Waals surface area contributed by atoms with Gasteiger partial charge in [0, 0.05) is 20.8 Å². The first-order valence-electron chi connectivity index (χ1n) is 19.8. The van der Waals surface area contributed by atoms with Crippen LogP contribution in [0.25, 0.3) is 11.6 Å². The number of phenolic OH excluding ortho intramolecular Hbond substituents is 1. The number of hydrogen-bond donors (Lipinski definition) is 3. The summed E-state index contributed by atoms with van der Waals surface area (Å²) in [6.07, 6.45) is 1.81. The van der Waals surface area contributed by atoms with Gasteiger partial charge >= 0.3 is 0 Å². The van der Waals surface area contributed by atoms with Crippen LogP contribution < -0.4 is 10.4 Å². The quantitative estimate of drug-likeness (QED) is 0.0447. The summed E-state index contributed by atoms with van der Waals surface area (Å²) in [5, 5.41) is 38.3. The van der Waals surface area contributed by atoms with E-state index < -0.39 is 38.8 Å². The molecule has 4 atom stereocenters. The Labute approximate surface area is 354 Å². The number of thiophene rings is 1. The molecule has 58 heavy (non-hydrogen) atoms. The van der Waals surface area contributed by atoms with Crippen LogP contribution in [0.5, 0.6) is 5.75 Å². The predicted molar refractivity (Wildman–Crippen MR) is 238 cm³/mol. The Kier molecular flexibility index (Phi) is 12.8. The molecule has 3 N–H and O–H groups in total. The molecule has 1 aliphatic heterocycles. The second-order valence-electron chi connectivity index (χ2n) is 16.3. The maximum atomic E-state index is 14.3. The van der Waals surface area contributed by atoms with Gasteiger partial charge in [0.2, 0.25) is 11.8 Å². The fourth-order valence-corrected chi connectivity index (χ4v) is 14.7. The van der Waals surface area contributed by atoms with Gasteiger partial charge in [-0.3, -0.25) is 14.5 Å². The molecule has 300 valence electrons. The number of phenols is 1. The van der Waals surface area contributed by atoms with E-state index in [1.807, 2.05) is 96.4 Å². The molecule has 0 saturated carbocycles. The van der Waals surface area contributed by atoms with Gasteiger partial charge in [0.25, 0.3) is 8.32 Å². The Balaban J connectivity index is 1.30. The van der Waals surface area contributed by atoms with Crippen molar-refractivity contribution in [1.82, 2.24) is 4.90 Å². The highest BCUT2D eigenvalue weighted by atomic mass is 79.9. The number of allylic oxidation sites excluding steroid dienone is 1. The molecule has 0 spiro atoms. The summed E-state index contributed by atoms with van der Waals surface area (Å²) in [5.41, 5.74) is 3.83. The van der Waals surface area contributed by atoms with Crippen molar-refractivity contribution in [3.8, 4) is 5.75 Å². The molecule has 2 heterocycles. The molecule has 2 aliphatic rings. The molecular formula is C48H50BrNO6SSi. The molecule has 1 saturated heterocycles.